The molecule has 8 heteroatoms. The standard InChI is InChI=1S/C15H13ClFN5O/c16-12-7-10(17)1-2-11(12)13-8-21(5-6-23-13)14-15-20-19-9-22(15)4-3-18-14/h1-4,7,9,13H,5-6,8H2. The van der Waals surface area contributed by atoms with Crippen molar-refractivity contribution in [2.45, 2.75) is 6.10 Å². The smallest absolute Gasteiger partial charge is 0.203 e. The molecule has 0 saturated carbocycles. The van der Waals surface area contributed by atoms with Crippen molar-refractivity contribution in [3.63, 3.8) is 0 Å². The highest BCUT2D eigenvalue weighted by Crippen LogP contribution is 2.31. The van der Waals surface area contributed by atoms with Crippen LogP contribution in [0.3, 0.4) is 0 Å². The Balaban J connectivity index is 1.66. The van der Waals surface area contributed by atoms with Gasteiger partial charge in [0.25, 0.3) is 0 Å². The monoisotopic (exact) mass is 333 g/mol. The Kier molecular flexibility index (Phi) is 3.59. The van der Waals surface area contributed by atoms with Crippen LogP contribution in [-0.2, 0) is 4.74 Å². The number of ether oxygens (including phenoxy) is 1. The first-order valence-electron chi connectivity index (χ1n) is 7.18. The van der Waals surface area contributed by atoms with E-state index in [9.17, 15) is 4.39 Å². The van der Waals surface area contributed by atoms with Crippen LogP contribution in [-0.4, -0.2) is 39.3 Å². The molecule has 1 aromatic carbocycles. The summed E-state index contributed by atoms with van der Waals surface area (Å²) in [6.07, 6.45) is 4.89. The minimum Gasteiger partial charge on any atom is -0.370 e. The van der Waals surface area contributed by atoms with Gasteiger partial charge in [-0.05, 0) is 12.1 Å². The molecule has 0 spiro atoms. The van der Waals surface area contributed by atoms with Crippen molar-refractivity contribution in [3.05, 3.63) is 53.3 Å². The molecule has 1 unspecified atom stereocenters. The lowest BCUT2D eigenvalue weighted by molar-refractivity contribution is 0.0396. The molecule has 23 heavy (non-hydrogen) atoms. The summed E-state index contributed by atoms with van der Waals surface area (Å²) in [6.45, 7) is 1.77. The van der Waals surface area contributed by atoms with Gasteiger partial charge in [-0.3, -0.25) is 4.40 Å². The molecular weight excluding hydrogens is 321 g/mol. The topological polar surface area (TPSA) is 55.6 Å². The average molecular weight is 334 g/mol. The fourth-order valence-corrected chi connectivity index (χ4v) is 3.05. The van der Waals surface area contributed by atoms with E-state index in [1.807, 2.05) is 4.40 Å². The second kappa shape index (κ2) is 5.75. The second-order valence-electron chi connectivity index (χ2n) is 5.28. The summed E-state index contributed by atoms with van der Waals surface area (Å²) in [7, 11) is 0. The van der Waals surface area contributed by atoms with Crippen LogP contribution >= 0.6 is 11.6 Å². The van der Waals surface area contributed by atoms with Crippen LogP contribution < -0.4 is 4.90 Å². The Morgan fingerprint density at radius 2 is 2.26 bits per heavy atom. The number of halogens is 2. The van der Waals surface area contributed by atoms with E-state index in [-0.39, 0.29) is 11.9 Å². The first-order valence-corrected chi connectivity index (χ1v) is 7.56. The molecule has 3 heterocycles. The van der Waals surface area contributed by atoms with Crippen molar-refractivity contribution >= 4 is 23.1 Å². The summed E-state index contributed by atoms with van der Waals surface area (Å²) in [5, 5.41) is 8.39. The molecule has 1 saturated heterocycles. The van der Waals surface area contributed by atoms with Crippen LogP contribution in [0.5, 0.6) is 0 Å². The molecule has 0 aliphatic carbocycles. The van der Waals surface area contributed by atoms with Crippen LogP contribution in [0.4, 0.5) is 10.2 Å². The maximum atomic E-state index is 13.2. The molecule has 0 bridgehead atoms. The maximum absolute atomic E-state index is 13.2. The Bertz CT molecular complexity index is 855. The highest BCUT2D eigenvalue weighted by molar-refractivity contribution is 6.31. The van der Waals surface area contributed by atoms with Crippen molar-refractivity contribution < 1.29 is 9.13 Å². The van der Waals surface area contributed by atoms with E-state index in [4.69, 9.17) is 16.3 Å². The summed E-state index contributed by atoms with van der Waals surface area (Å²) in [6, 6.07) is 4.36. The fraction of sp³-hybridized carbons (Fsp3) is 0.267. The van der Waals surface area contributed by atoms with E-state index in [1.165, 1.54) is 12.1 Å². The third-order valence-corrected chi connectivity index (χ3v) is 4.20. The predicted molar refractivity (Wildman–Crippen MR) is 83.1 cm³/mol. The van der Waals surface area contributed by atoms with E-state index in [1.54, 1.807) is 24.8 Å². The van der Waals surface area contributed by atoms with Crippen LogP contribution in [0.15, 0.2) is 36.9 Å². The number of benzene rings is 1. The molecule has 3 aromatic rings. The van der Waals surface area contributed by atoms with E-state index < -0.39 is 0 Å². The number of aromatic nitrogens is 4. The van der Waals surface area contributed by atoms with Crippen LogP contribution in [0, 0.1) is 5.82 Å². The number of hydrogen-bond donors (Lipinski definition) is 0. The first kappa shape index (κ1) is 14.3. The predicted octanol–water partition coefficient (Wildman–Crippen LogP) is 2.49. The SMILES string of the molecule is Fc1ccc(C2CN(c3nccn4cnnc34)CCO2)c(Cl)c1. The average Bonchev–Trinajstić information content (AvgIpc) is 3.03. The third kappa shape index (κ3) is 2.62. The lowest BCUT2D eigenvalue weighted by Gasteiger charge is -2.34. The van der Waals surface area contributed by atoms with Gasteiger partial charge in [0.05, 0.1) is 13.2 Å². The normalized spacial score (nSPS) is 18.5. The first-order chi connectivity index (χ1) is 11.2. The molecule has 0 amide bonds. The van der Waals surface area contributed by atoms with Crippen molar-refractivity contribution in [2.75, 3.05) is 24.6 Å². The molecule has 6 nitrogen and oxygen atoms in total. The number of morpholine rings is 1. The molecule has 4 rings (SSSR count). The number of nitrogens with zero attached hydrogens (tertiary/aromatic N) is 5. The summed E-state index contributed by atoms with van der Waals surface area (Å²) in [5.41, 5.74) is 1.46. The van der Waals surface area contributed by atoms with Gasteiger partial charge in [0.2, 0.25) is 5.65 Å². The van der Waals surface area contributed by atoms with E-state index >= 15 is 0 Å². The van der Waals surface area contributed by atoms with Gasteiger partial charge in [0, 0.05) is 29.5 Å². The molecule has 1 fully saturated rings. The van der Waals surface area contributed by atoms with E-state index in [2.05, 4.69) is 20.1 Å². The van der Waals surface area contributed by atoms with Gasteiger partial charge >= 0.3 is 0 Å². The van der Waals surface area contributed by atoms with Crippen LogP contribution in [0.25, 0.3) is 5.65 Å². The zero-order valence-electron chi connectivity index (χ0n) is 12.1. The lowest BCUT2D eigenvalue weighted by Crippen LogP contribution is -2.39. The molecule has 2 aromatic heterocycles. The van der Waals surface area contributed by atoms with Gasteiger partial charge < -0.3 is 9.64 Å². The highest BCUT2D eigenvalue weighted by Gasteiger charge is 2.26. The molecule has 1 aliphatic rings. The summed E-state index contributed by atoms with van der Waals surface area (Å²) < 4.78 is 20.9. The molecule has 0 radical (unpaired) electrons. The summed E-state index contributed by atoms with van der Waals surface area (Å²) in [5.74, 6) is 0.387. The molecule has 0 N–H and O–H groups in total. The zero-order valence-corrected chi connectivity index (χ0v) is 12.8. The number of anilines is 1. The lowest BCUT2D eigenvalue weighted by atomic mass is 10.1. The highest BCUT2D eigenvalue weighted by atomic mass is 35.5. The van der Waals surface area contributed by atoms with Crippen molar-refractivity contribution in [1.29, 1.82) is 0 Å². The molecule has 1 atom stereocenters. The van der Waals surface area contributed by atoms with Gasteiger partial charge in [0.15, 0.2) is 5.82 Å². The van der Waals surface area contributed by atoms with Gasteiger partial charge in [-0.2, -0.15) is 0 Å². The van der Waals surface area contributed by atoms with Crippen molar-refractivity contribution in [3.8, 4) is 0 Å². The Morgan fingerprint density at radius 1 is 1.35 bits per heavy atom. The fourth-order valence-electron chi connectivity index (χ4n) is 2.76. The Morgan fingerprint density at radius 3 is 3.13 bits per heavy atom. The third-order valence-electron chi connectivity index (χ3n) is 3.87. The Labute approximate surface area is 136 Å². The molecular formula is C15H13ClFN5O. The number of hydrogen-bond acceptors (Lipinski definition) is 5. The van der Waals surface area contributed by atoms with E-state index in [0.29, 0.717) is 30.4 Å². The van der Waals surface area contributed by atoms with Gasteiger partial charge in [-0.25, -0.2) is 9.37 Å². The zero-order chi connectivity index (χ0) is 15.8. The second-order valence-corrected chi connectivity index (χ2v) is 5.69. The van der Waals surface area contributed by atoms with Crippen molar-refractivity contribution in [1.82, 2.24) is 19.6 Å². The minimum absolute atomic E-state index is 0.248. The van der Waals surface area contributed by atoms with Gasteiger partial charge in [-0.15, -0.1) is 10.2 Å². The van der Waals surface area contributed by atoms with Gasteiger partial charge in [-0.1, -0.05) is 17.7 Å². The van der Waals surface area contributed by atoms with Gasteiger partial charge in [0.1, 0.15) is 18.2 Å². The van der Waals surface area contributed by atoms with Crippen molar-refractivity contribution in [2.24, 2.45) is 0 Å². The number of rotatable bonds is 2. The largest absolute Gasteiger partial charge is 0.370 e. The van der Waals surface area contributed by atoms with Crippen LogP contribution in [0.2, 0.25) is 5.02 Å². The summed E-state index contributed by atoms with van der Waals surface area (Å²) in [4.78, 5) is 6.50. The quantitative estimate of drug-likeness (QED) is 0.721. The summed E-state index contributed by atoms with van der Waals surface area (Å²) >= 11 is 6.15. The molecule has 1 aliphatic heterocycles. The Hall–Kier alpha value is -2.25. The minimum atomic E-state index is -0.360. The van der Waals surface area contributed by atoms with Crippen LogP contribution in [0.1, 0.15) is 11.7 Å². The maximum Gasteiger partial charge on any atom is 0.203 e. The number of fused-ring (bicyclic) bond motifs is 1. The molecule has 118 valence electrons. The van der Waals surface area contributed by atoms with E-state index in [0.717, 1.165) is 11.4 Å².